The molecule has 27 heavy (non-hydrogen) atoms. The van der Waals surface area contributed by atoms with E-state index in [-0.39, 0.29) is 24.3 Å². The molecule has 1 heterocycles. The lowest BCUT2D eigenvalue weighted by Gasteiger charge is -2.31. The zero-order chi connectivity index (χ0) is 19.4. The van der Waals surface area contributed by atoms with Gasteiger partial charge in [0.1, 0.15) is 11.3 Å². The minimum atomic E-state index is -4.23. The van der Waals surface area contributed by atoms with Crippen LogP contribution in [-0.4, -0.2) is 23.1 Å². The predicted octanol–water partition coefficient (Wildman–Crippen LogP) is 5.49. The van der Waals surface area contributed by atoms with Crippen molar-refractivity contribution >= 4 is 21.8 Å². The summed E-state index contributed by atoms with van der Waals surface area (Å²) in [6.45, 7) is 0. The SMILES string of the molecule is O=C(N[C@@H]1CCC[C@H](C(F)(F)F)C1)c1cccnc1Oc1cccc(Br)c1. The first-order valence-electron chi connectivity index (χ1n) is 8.59. The fourth-order valence-corrected chi connectivity index (χ4v) is 3.55. The van der Waals surface area contributed by atoms with E-state index in [9.17, 15) is 18.0 Å². The number of rotatable bonds is 4. The van der Waals surface area contributed by atoms with Crippen molar-refractivity contribution in [3.63, 3.8) is 0 Å². The summed E-state index contributed by atoms with van der Waals surface area (Å²) in [6, 6.07) is 9.67. The van der Waals surface area contributed by atoms with E-state index >= 15 is 0 Å². The van der Waals surface area contributed by atoms with E-state index in [1.165, 1.54) is 6.20 Å². The number of halogens is 4. The molecule has 1 amide bonds. The van der Waals surface area contributed by atoms with Crippen LogP contribution in [0.1, 0.15) is 36.0 Å². The van der Waals surface area contributed by atoms with Gasteiger partial charge < -0.3 is 10.1 Å². The number of nitrogens with one attached hydrogen (secondary N) is 1. The third-order valence-corrected chi connectivity index (χ3v) is 4.99. The molecule has 1 saturated carbocycles. The van der Waals surface area contributed by atoms with Crippen LogP contribution in [0.15, 0.2) is 47.1 Å². The van der Waals surface area contributed by atoms with Gasteiger partial charge in [-0.25, -0.2) is 4.98 Å². The highest BCUT2D eigenvalue weighted by molar-refractivity contribution is 9.10. The van der Waals surface area contributed by atoms with Crippen molar-refractivity contribution in [2.24, 2.45) is 5.92 Å². The van der Waals surface area contributed by atoms with Crippen LogP contribution in [0.5, 0.6) is 11.6 Å². The van der Waals surface area contributed by atoms with Crippen LogP contribution >= 0.6 is 15.9 Å². The molecule has 8 heteroatoms. The summed E-state index contributed by atoms with van der Waals surface area (Å²) in [5.74, 6) is -1.26. The zero-order valence-corrected chi connectivity index (χ0v) is 15.9. The van der Waals surface area contributed by atoms with Gasteiger partial charge in [0.25, 0.3) is 5.91 Å². The highest BCUT2D eigenvalue weighted by Gasteiger charge is 2.42. The summed E-state index contributed by atoms with van der Waals surface area (Å²) in [5, 5.41) is 2.71. The van der Waals surface area contributed by atoms with Gasteiger partial charge in [0, 0.05) is 16.7 Å². The van der Waals surface area contributed by atoms with Crippen molar-refractivity contribution in [3.05, 3.63) is 52.6 Å². The Morgan fingerprint density at radius 3 is 2.78 bits per heavy atom. The zero-order valence-electron chi connectivity index (χ0n) is 14.3. The highest BCUT2D eigenvalue weighted by Crippen LogP contribution is 2.37. The van der Waals surface area contributed by atoms with Crippen molar-refractivity contribution in [1.82, 2.24) is 10.3 Å². The van der Waals surface area contributed by atoms with E-state index in [4.69, 9.17) is 4.74 Å². The Morgan fingerprint density at radius 1 is 1.22 bits per heavy atom. The highest BCUT2D eigenvalue weighted by atomic mass is 79.9. The minimum absolute atomic E-state index is 0.0999. The number of ether oxygens (including phenoxy) is 1. The summed E-state index contributed by atoms with van der Waals surface area (Å²) in [6.07, 6.45) is -1.77. The van der Waals surface area contributed by atoms with Gasteiger partial charge in [-0.15, -0.1) is 0 Å². The number of carbonyl (C=O) groups excluding carboxylic acids is 1. The Hall–Kier alpha value is -2.09. The van der Waals surface area contributed by atoms with Crippen LogP contribution in [0.25, 0.3) is 0 Å². The third kappa shape index (κ3) is 5.22. The molecule has 1 aliphatic rings. The van der Waals surface area contributed by atoms with Gasteiger partial charge in [0.15, 0.2) is 0 Å². The third-order valence-electron chi connectivity index (χ3n) is 4.50. The molecule has 1 aromatic heterocycles. The Balaban J connectivity index is 1.72. The maximum absolute atomic E-state index is 13.0. The van der Waals surface area contributed by atoms with E-state index in [2.05, 4.69) is 26.2 Å². The van der Waals surface area contributed by atoms with Gasteiger partial charge >= 0.3 is 6.18 Å². The second-order valence-electron chi connectivity index (χ2n) is 6.49. The van der Waals surface area contributed by atoms with Crippen LogP contribution in [-0.2, 0) is 0 Å². The topological polar surface area (TPSA) is 51.2 Å². The Bertz CT molecular complexity index is 814. The molecule has 2 atom stereocenters. The number of pyridine rings is 1. The number of amides is 1. The molecular weight excluding hydrogens is 425 g/mol. The summed E-state index contributed by atoms with van der Waals surface area (Å²) in [4.78, 5) is 16.7. The monoisotopic (exact) mass is 442 g/mol. The van der Waals surface area contributed by atoms with Crippen molar-refractivity contribution in [2.45, 2.75) is 37.9 Å². The first-order chi connectivity index (χ1) is 12.8. The number of hydrogen-bond acceptors (Lipinski definition) is 3. The molecule has 0 radical (unpaired) electrons. The van der Waals surface area contributed by atoms with Gasteiger partial charge in [-0.2, -0.15) is 13.2 Å². The fourth-order valence-electron chi connectivity index (χ4n) is 3.17. The molecule has 1 fully saturated rings. The number of benzene rings is 1. The summed E-state index contributed by atoms with van der Waals surface area (Å²) < 4.78 is 45.4. The van der Waals surface area contributed by atoms with Crippen LogP contribution in [0.2, 0.25) is 0 Å². The number of carbonyl (C=O) groups is 1. The second-order valence-corrected chi connectivity index (χ2v) is 7.41. The van der Waals surface area contributed by atoms with E-state index in [0.29, 0.717) is 18.6 Å². The average Bonchev–Trinajstić information content (AvgIpc) is 2.62. The molecule has 4 nitrogen and oxygen atoms in total. The van der Waals surface area contributed by atoms with Crippen molar-refractivity contribution in [1.29, 1.82) is 0 Å². The van der Waals surface area contributed by atoms with Crippen molar-refractivity contribution in [3.8, 4) is 11.6 Å². The number of alkyl halides is 3. The van der Waals surface area contributed by atoms with E-state index in [1.54, 1.807) is 30.3 Å². The molecular formula is C19H18BrF3N2O2. The van der Waals surface area contributed by atoms with Crippen molar-refractivity contribution in [2.75, 3.05) is 0 Å². The molecule has 1 aliphatic carbocycles. The molecule has 0 spiro atoms. The van der Waals surface area contributed by atoms with Gasteiger partial charge in [-0.3, -0.25) is 4.79 Å². The molecule has 144 valence electrons. The molecule has 0 aliphatic heterocycles. The van der Waals surface area contributed by atoms with Gasteiger partial charge in [-0.05, 0) is 49.6 Å². The smallest absolute Gasteiger partial charge is 0.391 e. The summed E-state index contributed by atoms with van der Waals surface area (Å²) >= 11 is 3.34. The van der Waals surface area contributed by atoms with E-state index in [0.717, 1.165) is 4.47 Å². The lowest BCUT2D eigenvalue weighted by molar-refractivity contribution is -0.183. The molecule has 1 aromatic carbocycles. The number of hydrogen-bond donors (Lipinski definition) is 1. The molecule has 0 saturated heterocycles. The van der Waals surface area contributed by atoms with Crippen LogP contribution in [0, 0.1) is 5.92 Å². The first-order valence-corrected chi connectivity index (χ1v) is 9.38. The van der Waals surface area contributed by atoms with E-state index < -0.39 is 24.0 Å². The lowest BCUT2D eigenvalue weighted by Crippen LogP contribution is -2.41. The summed E-state index contributed by atoms with van der Waals surface area (Å²) in [7, 11) is 0. The van der Waals surface area contributed by atoms with Gasteiger partial charge in [0.05, 0.1) is 5.92 Å². The maximum atomic E-state index is 13.0. The summed E-state index contributed by atoms with van der Waals surface area (Å²) in [5.41, 5.74) is 0.187. The minimum Gasteiger partial charge on any atom is -0.438 e. The quantitative estimate of drug-likeness (QED) is 0.681. The lowest BCUT2D eigenvalue weighted by atomic mass is 9.85. The van der Waals surface area contributed by atoms with E-state index in [1.807, 2.05) is 6.07 Å². The van der Waals surface area contributed by atoms with Crippen LogP contribution in [0.4, 0.5) is 13.2 Å². The maximum Gasteiger partial charge on any atom is 0.391 e. The number of aromatic nitrogens is 1. The number of nitrogens with zero attached hydrogens (tertiary/aromatic N) is 1. The second kappa shape index (κ2) is 8.29. The Kier molecular flexibility index (Phi) is 6.04. The predicted molar refractivity (Wildman–Crippen MR) is 97.7 cm³/mol. The molecule has 3 rings (SSSR count). The van der Waals surface area contributed by atoms with Crippen molar-refractivity contribution < 1.29 is 22.7 Å². The van der Waals surface area contributed by atoms with Gasteiger partial charge in [0.2, 0.25) is 5.88 Å². The molecule has 0 bridgehead atoms. The Labute approximate surface area is 163 Å². The molecule has 2 aromatic rings. The first kappa shape index (κ1) is 19.7. The fraction of sp³-hybridized carbons (Fsp3) is 0.368. The average molecular weight is 443 g/mol. The standard InChI is InChI=1S/C19H18BrF3N2O2/c20-13-5-2-7-15(11-13)27-18-16(8-3-9-24-18)17(26)25-14-6-1-4-12(10-14)19(21,22)23/h2-3,5,7-9,11-12,14H,1,4,6,10H2,(H,25,26)/t12-,14+/m0/s1. The normalized spacial score (nSPS) is 20.1. The van der Waals surface area contributed by atoms with Crippen LogP contribution < -0.4 is 10.1 Å². The largest absolute Gasteiger partial charge is 0.438 e. The Morgan fingerprint density at radius 2 is 2.04 bits per heavy atom. The molecule has 1 N–H and O–H groups in total. The molecule has 0 unspecified atom stereocenters. The van der Waals surface area contributed by atoms with Crippen LogP contribution in [0.3, 0.4) is 0 Å². The van der Waals surface area contributed by atoms with Gasteiger partial charge in [-0.1, -0.05) is 28.4 Å².